The van der Waals surface area contributed by atoms with Gasteiger partial charge in [-0.15, -0.1) is 11.8 Å². The highest BCUT2D eigenvalue weighted by molar-refractivity contribution is 7.98. The smallest absolute Gasteiger partial charge is 0.268 e. The zero-order valence-electron chi connectivity index (χ0n) is 20.7. The lowest BCUT2D eigenvalue weighted by Crippen LogP contribution is -2.41. The Balaban J connectivity index is 1.98. The number of nitrogens with one attached hydrogen (secondary N) is 1. The quantitative estimate of drug-likeness (QED) is 0.339. The number of aryl methyl sites for hydroxylation is 1. The zero-order chi connectivity index (χ0) is 26.5. The summed E-state index contributed by atoms with van der Waals surface area (Å²) in [5, 5.41) is 3.11. The van der Waals surface area contributed by atoms with Crippen LogP contribution in [0.4, 0.5) is 5.69 Å². The summed E-state index contributed by atoms with van der Waals surface area (Å²) >= 11 is 7.93. The van der Waals surface area contributed by atoms with Crippen molar-refractivity contribution in [1.29, 1.82) is 0 Å². The molecule has 0 aromatic heterocycles. The molecular weight excluding hydrogens is 520 g/mol. The van der Waals surface area contributed by atoms with Crippen LogP contribution in [0.1, 0.15) is 24.1 Å². The zero-order valence-corrected chi connectivity index (χ0v) is 23.1. The van der Waals surface area contributed by atoms with Crippen LogP contribution < -0.4 is 19.1 Å². The van der Waals surface area contributed by atoms with Gasteiger partial charge >= 0.3 is 0 Å². The van der Waals surface area contributed by atoms with E-state index in [1.807, 2.05) is 37.4 Å². The maximum Gasteiger partial charge on any atom is 0.268 e. The number of amides is 1. The Morgan fingerprint density at radius 1 is 1.03 bits per heavy atom. The Bertz CT molecular complexity index is 1330. The van der Waals surface area contributed by atoms with Gasteiger partial charge in [0.05, 0.1) is 31.0 Å². The molecule has 0 spiro atoms. The Morgan fingerprint density at radius 3 is 2.25 bits per heavy atom. The summed E-state index contributed by atoms with van der Waals surface area (Å²) in [5.74, 6) is 0.0871. The van der Waals surface area contributed by atoms with Gasteiger partial charge in [0.1, 0.15) is 22.9 Å². The minimum atomic E-state index is -4.21. The maximum absolute atomic E-state index is 13.9. The average molecular weight is 549 g/mol. The standard InChI is InChI=1S/C26H29ClN2O5S2/c1-17-6-12-24(34-4)25(14-17)36(31,32)29(20-9-13-23(33-3)22(27)15-20)16-26(30)28-18(2)19-7-10-21(35-5)11-8-19/h6-15,18H,16H2,1-5H3,(H,28,30)/t18-/m0/s1. The van der Waals surface area contributed by atoms with E-state index in [2.05, 4.69) is 5.32 Å². The van der Waals surface area contributed by atoms with Crippen molar-refractivity contribution in [2.45, 2.75) is 29.7 Å². The van der Waals surface area contributed by atoms with Crippen molar-refractivity contribution in [2.75, 3.05) is 31.3 Å². The van der Waals surface area contributed by atoms with Crippen molar-refractivity contribution in [3.63, 3.8) is 0 Å². The molecule has 0 fully saturated rings. The molecule has 0 aliphatic heterocycles. The largest absolute Gasteiger partial charge is 0.495 e. The predicted molar refractivity (Wildman–Crippen MR) is 145 cm³/mol. The van der Waals surface area contributed by atoms with E-state index in [9.17, 15) is 13.2 Å². The molecular formula is C26H29ClN2O5S2. The van der Waals surface area contributed by atoms with Crippen molar-refractivity contribution in [2.24, 2.45) is 0 Å². The number of anilines is 1. The third-order valence-corrected chi connectivity index (χ3v) is 8.43. The fourth-order valence-electron chi connectivity index (χ4n) is 3.62. The second-order valence-electron chi connectivity index (χ2n) is 8.05. The lowest BCUT2D eigenvalue weighted by atomic mass is 10.1. The van der Waals surface area contributed by atoms with E-state index in [1.54, 1.807) is 43.0 Å². The van der Waals surface area contributed by atoms with Gasteiger partial charge in [-0.05, 0) is 73.7 Å². The molecule has 3 rings (SSSR count). The third-order valence-electron chi connectivity index (χ3n) is 5.59. The number of methoxy groups -OCH3 is 2. The molecule has 0 radical (unpaired) electrons. The Morgan fingerprint density at radius 2 is 1.67 bits per heavy atom. The van der Waals surface area contributed by atoms with Crippen molar-refractivity contribution in [3.8, 4) is 11.5 Å². The highest BCUT2D eigenvalue weighted by Gasteiger charge is 2.31. The lowest BCUT2D eigenvalue weighted by molar-refractivity contribution is -0.120. The van der Waals surface area contributed by atoms with Gasteiger partial charge in [-0.25, -0.2) is 8.42 Å². The van der Waals surface area contributed by atoms with Gasteiger partial charge in [-0.1, -0.05) is 29.8 Å². The van der Waals surface area contributed by atoms with E-state index in [0.717, 1.165) is 20.3 Å². The van der Waals surface area contributed by atoms with Crippen LogP contribution in [0.25, 0.3) is 0 Å². The molecule has 1 atom stereocenters. The Hall–Kier alpha value is -2.88. The first-order valence-electron chi connectivity index (χ1n) is 11.0. The van der Waals surface area contributed by atoms with E-state index in [0.29, 0.717) is 5.75 Å². The first-order chi connectivity index (χ1) is 17.1. The molecule has 0 unspecified atom stereocenters. The van der Waals surface area contributed by atoms with Crippen LogP contribution in [0, 0.1) is 6.92 Å². The summed E-state index contributed by atoms with van der Waals surface area (Å²) in [6.45, 7) is 3.16. The van der Waals surface area contributed by atoms with Crippen molar-refractivity contribution in [1.82, 2.24) is 5.32 Å². The van der Waals surface area contributed by atoms with Gasteiger partial charge in [-0.2, -0.15) is 0 Å². The van der Waals surface area contributed by atoms with Gasteiger partial charge < -0.3 is 14.8 Å². The van der Waals surface area contributed by atoms with Crippen molar-refractivity contribution < 1.29 is 22.7 Å². The Kier molecular flexibility index (Phi) is 9.16. The number of thioether (sulfide) groups is 1. The van der Waals surface area contributed by atoms with Crippen molar-refractivity contribution in [3.05, 3.63) is 76.8 Å². The van der Waals surface area contributed by atoms with Gasteiger partial charge in [0.2, 0.25) is 5.91 Å². The van der Waals surface area contributed by atoms with Gasteiger partial charge in [0.25, 0.3) is 10.0 Å². The van der Waals surface area contributed by atoms with E-state index in [1.165, 1.54) is 26.4 Å². The summed E-state index contributed by atoms with van der Waals surface area (Å²) in [6.07, 6.45) is 1.99. The molecule has 0 saturated carbocycles. The molecule has 0 saturated heterocycles. The molecule has 0 aliphatic carbocycles. The molecule has 3 aromatic carbocycles. The normalized spacial score (nSPS) is 12.1. The SMILES string of the molecule is COc1ccc(N(CC(=O)N[C@@H](C)c2ccc(SC)cc2)S(=O)(=O)c2cc(C)ccc2OC)cc1Cl. The number of rotatable bonds is 10. The molecule has 10 heteroatoms. The topological polar surface area (TPSA) is 84.9 Å². The first-order valence-corrected chi connectivity index (χ1v) is 14.1. The minimum absolute atomic E-state index is 0.0505. The second kappa shape index (κ2) is 11.9. The number of sulfonamides is 1. The number of benzene rings is 3. The summed E-state index contributed by atoms with van der Waals surface area (Å²) in [6, 6.07) is 16.9. The van der Waals surface area contributed by atoms with Gasteiger partial charge in [0, 0.05) is 4.90 Å². The molecule has 1 amide bonds. The number of hydrogen-bond acceptors (Lipinski definition) is 6. The van der Waals surface area contributed by atoms with Crippen LogP contribution in [0.15, 0.2) is 70.5 Å². The molecule has 0 aliphatic rings. The van der Waals surface area contributed by atoms with Crippen molar-refractivity contribution >= 4 is 45.0 Å². The average Bonchev–Trinajstić information content (AvgIpc) is 2.87. The fraction of sp³-hybridized carbons (Fsp3) is 0.269. The maximum atomic E-state index is 13.9. The Labute approximate surface area is 221 Å². The van der Waals surface area contributed by atoms with Crippen LogP contribution in [-0.2, 0) is 14.8 Å². The monoisotopic (exact) mass is 548 g/mol. The number of ether oxygens (including phenoxy) is 2. The number of halogens is 1. The van der Waals surface area contributed by atoms with Gasteiger partial charge in [0.15, 0.2) is 0 Å². The van der Waals surface area contributed by atoms with E-state index >= 15 is 0 Å². The number of carbonyl (C=O) groups excluding carboxylic acids is 1. The summed E-state index contributed by atoms with van der Waals surface area (Å²) in [7, 11) is -1.35. The van der Waals surface area contributed by atoms with Crippen LogP contribution in [0.3, 0.4) is 0 Å². The second-order valence-corrected chi connectivity index (χ2v) is 11.2. The number of nitrogens with zero attached hydrogens (tertiary/aromatic N) is 1. The third kappa shape index (κ3) is 6.27. The molecule has 3 aromatic rings. The molecule has 0 heterocycles. The lowest BCUT2D eigenvalue weighted by Gasteiger charge is -2.26. The van der Waals surface area contributed by atoms with Crippen LogP contribution >= 0.6 is 23.4 Å². The molecule has 36 heavy (non-hydrogen) atoms. The highest BCUT2D eigenvalue weighted by atomic mass is 35.5. The summed E-state index contributed by atoms with van der Waals surface area (Å²) < 4.78 is 39.3. The highest BCUT2D eigenvalue weighted by Crippen LogP contribution is 2.34. The van der Waals surface area contributed by atoms with Crippen LogP contribution in [0.5, 0.6) is 11.5 Å². The minimum Gasteiger partial charge on any atom is -0.495 e. The fourth-order valence-corrected chi connectivity index (χ4v) is 5.94. The molecule has 1 N–H and O–H groups in total. The molecule has 7 nitrogen and oxygen atoms in total. The van der Waals surface area contributed by atoms with Gasteiger partial charge in [-0.3, -0.25) is 9.10 Å². The van der Waals surface area contributed by atoms with E-state index in [4.69, 9.17) is 21.1 Å². The number of hydrogen-bond donors (Lipinski definition) is 1. The van der Waals surface area contributed by atoms with E-state index in [-0.39, 0.29) is 27.4 Å². The van der Waals surface area contributed by atoms with Crippen LogP contribution in [0.2, 0.25) is 5.02 Å². The molecule has 0 bridgehead atoms. The summed E-state index contributed by atoms with van der Waals surface area (Å²) in [5.41, 5.74) is 1.86. The number of carbonyl (C=O) groups is 1. The first kappa shape index (κ1) is 27.7. The van der Waals surface area contributed by atoms with E-state index < -0.39 is 22.5 Å². The predicted octanol–water partition coefficient (Wildman–Crippen LogP) is 5.46. The van der Waals surface area contributed by atoms with Crippen LogP contribution in [-0.4, -0.2) is 41.3 Å². The molecule has 192 valence electrons. The summed E-state index contributed by atoms with van der Waals surface area (Å²) in [4.78, 5) is 14.2.